The molecule has 0 aliphatic heterocycles. The van der Waals surface area contributed by atoms with Crippen molar-refractivity contribution in [2.75, 3.05) is 5.32 Å². The van der Waals surface area contributed by atoms with Crippen molar-refractivity contribution in [3.8, 4) is 0 Å². The normalized spacial score (nSPS) is 12.1. The number of hydrogen-bond acceptors (Lipinski definition) is 3. The highest BCUT2D eigenvalue weighted by Gasteiger charge is 2.63. The van der Waals surface area contributed by atoms with Crippen molar-refractivity contribution in [1.82, 2.24) is 0 Å². The second-order valence-electron chi connectivity index (χ2n) is 3.44. The molecule has 0 bridgehead atoms. The molecule has 0 fully saturated rings. The number of benzene rings is 1. The maximum absolute atomic E-state index is 12.7. The van der Waals surface area contributed by atoms with Crippen LogP contribution in [0.25, 0.3) is 0 Å². The highest BCUT2D eigenvalue weighted by Crippen LogP contribution is 2.37. The summed E-state index contributed by atoms with van der Waals surface area (Å²) in [5.74, 6) is -8.43. The van der Waals surface area contributed by atoms with E-state index in [0.29, 0.717) is 6.07 Å². The average Bonchev–Trinajstić information content (AvgIpc) is 2.26. The molecule has 0 saturated heterocycles. The summed E-state index contributed by atoms with van der Waals surface area (Å²) in [4.78, 5) is 20.4. The van der Waals surface area contributed by atoms with Crippen LogP contribution in [0.1, 0.15) is 0 Å². The number of rotatable bonds is 3. The van der Waals surface area contributed by atoms with Crippen LogP contribution < -0.4 is 5.32 Å². The molecule has 1 aromatic rings. The van der Waals surface area contributed by atoms with Gasteiger partial charge in [-0.2, -0.15) is 22.0 Å². The molecule has 0 saturated carbocycles. The van der Waals surface area contributed by atoms with Crippen LogP contribution in [0.5, 0.6) is 0 Å². The minimum atomic E-state index is -6.12. The minimum absolute atomic E-state index is 0.193. The Morgan fingerprint density at radius 2 is 1.80 bits per heavy atom. The predicted molar refractivity (Wildman–Crippen MR) is 57.7 cm³/mol. The first kappa shape index (κ1) is 16.1. The summed E-state index contributed by atoms with van der Waals surface area (Å²) >= 11 is 5.43. The molecule has 0 atom stereocenters. The van der Waals surface area contributed by atoms with Crippen LogP contribution >= 0.6 is 11.6 Å². The fourth-order valence-electron chi connectivity index (χ4n) is 1.10. The number of anilines is 1. The van der Waals surface area contributed by atoms with E-state index in [1.54, 1.807) is 0 Å². The van der Waals surface area contributed by atoms with Crippen LogP contribution in [0.2, 0.25) is 5.02 Å². The van der Waals surface area contributed by atoms with E-state index in [1.165, 1.54) is 0 Å². The number of amides is 1. The topological polar surface area (TPSA) is 72.2 Å². The van der Waals surface area contributed by atoms with Crippen LogP contribution in [-0.4, -0.2) is 22.9 Å². The number of carbonyl (C=O) groups is 1. The van der Waals surface area contributed by atoms with Crippen molar-refractivity contribution < 1.29 is 31.7 Å². The molecule has 0 unspecified atom stereocenters. The smallest absolute Gasteiger partial charge is 0.315 e. The Morgan fingerprint density at radius 1 is 1.25 bits per heavy atom. The second-order valence-corrected chi connectivity index (χ2v) is 3.88. The van der Waals surface area contributed by atoms with Crippen LogP contribution in [-0.2, 0) is 4.79 Å². The van der Waals surface area contributed by atoms with Gasteiger partial charge in [-0.3, -0.25) is 14.9 Å². The fourth-order valence-corrected chi connectivity index (χ4v) is 1.27. The molecule has 5 nitrogen and oxygen atoms in total. The van der Waals surface area contributed by atoms with Crippen LogP contribution in [0, 0.1) is 10.1 Å². The molecular formula is C9H4ClF5N2O3. The predicted octanol–water partition coefficient (Wildman–Crippen LogP) is 3.38. The molecule has 0 aliphatic rings. The summed E-state index contributed by atoms with van der Waals surface area (Å²) in [6.07, 6.45) is -6.12. The van der Waals surface area contributed by atoms with Crippen molar-refractivity contribution in [2.24, 2.45) is 0 Å². The van der Waals surface area contributed by atoms with Gasteiger partial charge in [0.2, 0.25) is 0 Å². The van der Waals surface area contributed by atoms with Crippen LogP contribution in [0.3, 0.4) is 0 Å². The Labute approximate surface area is 112 Å². The van der Waals surface area contributed by atoms with Gasteiger partial charge in [0.05, 0.1) is 4.92 Å². The zero-order valence-electron chi connectivity index (χ0n) is 9.17. The molecule has 0 heterocycles. The number of halogens is 6. The molecule has 0 radical (unpaired) electrons. The largest absolute Gasteiger partial charge is 0.463 e. The van der Waals surface area contributed by atoms with E-state index in [1.807, 2.05) is 0 Å². The Kier molecular flexibility index (Phi) is 4.18. The third-order valence-electron chi connectivity index (χ3n) is 2.04. The van der Waals surface area contributed by atoms with Gasteiger partial charge in [0.25, 0.3) is 5.69 Å². The summed E-state index contributed by atoms with van der Waals surface area (Å²) in [6, 6.07) is 2.45. The molecule has 1 rings (SSSR count). The first-order valence-electron chi connectivity index (χ1n) is 4.66. The SMILES string of the molecule is O=C(Nc1cc(Cl)ccc1[N+](=O)[O-])C(F)(F)C(F)(F)F. The number of hydrogen-bond donors (Lipinski definition) is 1. The Bertz CT molecular complexity index is 561. The Morgan fingerprint density at radius 3 is 2.25 bits per heavy atom. The number of alkyl halides is 5. The van der Waals surface area contributed by atoms with Gasteiger partial charge >= 0.3 is 18.0 Å². The lowest BCUT2D eigenvalue weighted by molar-refractivity contribution is -0.384. The van der Waals surface area contributed by atoms with Crippen molar-refractivity contribution in [2.45, 2.75) is 12.1 Å². The third-order valence-corrected chi connectivity index (χ3v) is 2.28. The minimum Gasteiger partial charge on any atom is -0.315 e. The van der Waals surface area contributed by atoms with Gasteiger partial charge in [0.15, 0.2) is 0 Å². The summed E-state index contributed by atoms with van der Waals surface area (Å²) in [6.45, 7) is 0. The lowest BCUT2D eigenvalue weighted by atomic mass is 10.2. The summed E-state index contributed by atoms with van der Waals surface area (Å²) in [5, 5.41) is 11.5. The van der Waals surface area contributed by atoms with Gasteiger partial charge in [-0.1, -0.05) is 11.6 Å². The molecule has 20 heavy (non-hydrogen) atoms. The monoisotopic (exact) mass is 318 g/mol. The number of nitro groups is 1. The molecule has 110 valence electrons. The highest BCUT2D eigenvalue weighted by atomic mass is 35.5. The van der Waals surface area contributed by atoms with Gasteiger partial charge in [-0.25, -0.2) is 0 Å². The van der Waals surface area contributed by atoms with E-state index in [4.69, 9.17) is 11.6 Å². The Hall–Kier alpha value is -1.97. The van der Waals surface area contributed by atoms with E-state index in [-0.39, 0.29) is 5.02 Å². The molecule has 1 amide bonds. The number of carbonyl (C=O) groups excluding carboxylic acids is 1. The van der Waals surface area contributed by atoms with E-state index in [9.17, 15) is 36.9 Å². The van der Waals surface area contributed by atoms with E-state index >= 15 is 0 Å². The lowest BCUT2D eigenvalue weighted by Crippen LogP contribution is -2.47. The first-order chi connectivity index (χ1) is 8.96. The summed E-state index contributed by atoms with van der Waals surface area (Å²) in [7, 11) is 0. The zero-order chi connectivity index (χ0) is 15.7. The standard InChI is InChI=1S/C9H4ClF5N2O3/c10-4-1-2-6(17(19)20)5(3-4)16-7(18)8(11,12)9(13,14)15/h1-3H,(H,16,18). The molecule has 1 N–H and O–H groups in total. The Balaban J connectivity index is 3.14. The molecule has 1 aromatic carbocycles. The average molecular weight is 319 g/mol. The van der Waals surface area contributed by atoms with Gasteiger partial charge in [0, 0.05) is 11.1 Å². The van der Waals surface area contributed by atoms with E-state index in [2.05, 4.69) is 0 Å². The van der Waals surface area contributed by atoms with E-state index in [0.717, 1.165) is 17.4 Å². The maximum Gasteiger partial charge on any atom is 0.463 e. The van der Waals surface area contributed by atoms with Crippen molar-refractivity contribution in [3.63, 3.8) is 0 Å². The second kappa shape index (κ2) is 5.19. The van der Waals surface area contributed by atoms with Crippen LogP contribution in [0.15, 0.2) is 18.2 Å². The first-order valence-corrected chi connectivity index (χ1v) is 5.04. The van der Waals surface area contributed by atoms with Gasteiger partial charge in [-0.15, -0.1) is 0 Å². The van der Waals surface area contributed by atoms with Crippen molar-refractivity contribution in [3.05, 3.63) is 33.3 Å². The fraction of sp³-hybridized carbons (Fsp3) is 0.222. The summed E-state index contributed by atoms with van der Waals surface area (Å²) in [5.41, 5.74) is -1.74. The quantitative estimate of drug-likeness (QED) is 0.527. The van der Waals surface area contributed by atoms with E-state index < -0.39 is 34.3 Å². The van der Waals surface area contributed by atoms with Gasteiger partial charge in [0.1, 0.15) is 5.69 Å². The van der Waals surface area contributed by atoms with Crippen LogP contribution in [0.4, 0.5) is 33.3 Å². The molecule has 0 spiro atoms. The lowest BCUT2D eigenvalue weighted by Gasteiger charge is -2.18. The maximum atomic E-state index is 12.7. The molecule has 11 heteroatoms. The number of nitro benzene ring substituents is 1. The number of nitrogens with zero attached hydrogens (tertiary/aromatic N) is 1. The molecular weight excluding hydrogens is 315 g/mol. The molecule has 0 aromatic heterocycles. The molecule has 0 aliphatic carbocycles. The third kappa shape index (κ3) is 3.13. The summed E-state index contributed by atoms with van der Waals surface area (Å²) < 4.78 is 61.3. The highest BCUT2D eigenvalue weighted by molar-refractivity contribution is 6.31. The van der Waals surface area contributed by atoms with Gasteiger partial charge < -0.3 is 5.32 Å². The van der Waals surface area contributed by atoms with Gasteiger partial charge in [-0.05, 0) is 12.1 Å². The zero-order valence-corrected chi connectivity index (χ0v) is 9.93. The van der Waals surface area contributed by atoms with Crippen molar-refractivity contribution >= 4 is 28.9 Å². The van der Waals surface area contributed by atoms with Crippen molar-refractivity contribution in [1.29, 1.82) is 0 Å². The number of nitrogens with one attached hydrogen (secondary N) is 1.